The van der Waals surface area contributed by atoms with E-state index in [0.29, 0.717) is 12.4 Å². The summed E-state index contributed by atoms with van der Waals surface area (Å²) < 4.78 is 6.16. The van der Waals surface area contributed by atoms with Crippen molar-refractivity contribution in [2.75, 3.05) is 6.54 Å². The fourth-order valence-electron chi connectivity index (χ4n) is 3.48. The first kappa shape index (κ1) is 18.6. The highest BCUT2D eigenvalue weighted by Gasteiger charge is 2.36. The molecule has 0 aliphatic carbocycles. The fourth-order valence-corrected chi connectivity index (χ4v) is 3.48. The third kappa shape index (κ3) is 3.98. The first-order valence-corrected chi connectivity index (χ1v) is 9.34. The molecule has 26 heavy (non-hydrogen) atoms. The average Bonchev–Trinajstić information content (AvgIpc) is 3.21. The number of carbonyl (C=O) groups excluding carboxylic acids is 1. The number of amides is 1. The predicted octanol–water partition coefficient (Wildman–Crippen LogP) is 4.29. The van der Waals surface area contributed by atoms with Gasteiger partial charge >= 0.3 is 0 Å². The van der Waals surface area contributed by atoms with Gasteiger partial charge in [-0.05, 0) is 26.7 Å². The van der Waals surface area contributed by atoms with Gasteiger partial charge in [0.2, 0.25) is 11.8 Å². The van der Waals surface area contributed by atoms with Crippen LogP contribution in [0.1, 0.15) is 70.6 Å². The number of benzene rings is 1. The predicted molar refractivity (Wildman–Crippen MR) is 101 cm³/mol. The van der Waals surface area contributed by atoms with Crippen LogP contribution in [0.2, 0.25) is 0 Å². The molecule has 3 rings (SSSR count). The Kier molecular flexibility index (Phi) is 5.19. The van der Waals surface area contributed by atoms with Gasteiger partial charge in [0, 0.05) is 18.0 Å². The molecule has 1 saturated heterocycles. The topological polar surface area (TPSA) is 66.6 Å². The van der Waals surface area contributed by atoms with Gasteiger partial charge in [0.15, 0.2) is 0 Å². The molecular weight excluding hydrogens is 328 g/mol. The number of likely N-dealkylation sites (tertiary alicyclic amines) is 1. The smallest absolute Gasteiger partial charge is 0.226 e. The number of nitrogens with zero attached hydrogens (tertiary/aromatic N) is 2. The molecule has 1 aliphatic rings. The van der Waals surface area contributed by atoms with Crippen LogP contribution in [0.4, 0.5) is 0 Å². The maximum Gasteiger partial charge on any atom is 0.226 e. The first-order valence-electron chi connectivity index (χ1n) is 9.34. The molecule has 0 bridgehead atoms. The van der Waals surface area contributed by atoms with Crippen molar-refractivity contribution < 1.29 is 14.3 Å². The third-order valence-electron chi connectivity index (χ3n) is 4.68. The lowest BCUT2D eigenvalue weighted by Gasteiger charge is -2.26. The van der Waals surface area contributed by atoms with Crippen molar-refractivity contribution in [2.24, 2.45) is 0 Å². The van der Waals surface area contributed by atoms with Crippen molar-refractivity contribution in [1.29, 1.82) is 0 Å². The number of aliphatic hydroxyl groups is 1. The standard InChI is InChI=1S/C21H28N2O3/c1-14(2)19-18(15-9-6-5-7-10-15)22-20(26-19)16-11-8-12-23(16)17(24)13-21(3,4)25/h5-7,9-10,14,16,25H,8,11-13H2,1-4H3. The summed E-state index contributed by atoms with van der Waals surface area (Å²) in [6.45, 7) is 8.17. The van der Waals surface area contributed by atoms with Crippen LogP contribution in [-0.2, 0) is 4.79 Å². The van der Waals surface area contributed by atoms with E-state index in [1.54, 1.807) is 13.8 Å². The van der Waals surface area contributed by atoms with E-state index in [1.807, 2.05) is 35.2 Å². The van der Waals surface area contributed by atoms with Gasteiger partial charge in [0.1, 0.15) is 17.5 Å². The minimum Gasteiger partial charge on any atom is -0.442 e. The Balaban J connectivity index is 1.92. The van der Waals surface area contributed by atoms with E-state index in [-0.39, 0.29) is 24.3 Å². The molecule has 1 aromatic heterocycles. The normalized spacial score (nSPS) is 17.9. The second kappa shape index (κ2) is 7.23. The van der Waals surface area contributed by atoms with Crippen molar-refractivity contribution in [3.63, 3.8) is 0 Å². The van der Waals surface area contributed by atoms with Gasteiger partial charge in [-0.15, -0.1) is 0 Å². The molecule has 140 valence electrons. The van der Waals surface area contributed by atoms with E-state index in [9.17, 15) is 9.90 Å². The third-order valence-corrected chi connectivity index (χ3v) is 4.68. The van der Waals surface area contributed by atoms with Crippen LogP contribution >= 0.6 is 0 Å². The molecule has 1 N–H and O–H groups in total. The Hall–Kier alpha value is -2.14. The van der Waals surface area contributed by atoms with Crippen LogP contribution in [0, 0.1) is 0 Å². The Bertz CT molecular complexity index is 759. The van der Waals surface area contributed by atoms with Crippen LogP contribution in [-0.4, -0.2) is 33.0 Å². The molecule has 1 aromatic carbocycles. The highest BCUT2D eigenvalue weighted by Crippen LogP contribution is 2.37. The first-order chi connectivity index (χ1) is 12.3. The van der Waals surface area contributed by atoms with E-state index >= 15 is 0 Å². The van der Waals surface area contributed by atoms with Crippen LogP contribution in [0.15, 0.2) is 34.7 Å². The maximum atomic E-state index is 12.6. The summed E-state index contributed by atoms with van der Waals surface area (Å²) in [7, 11) is 0. The Morgan fingerprint density at radius 1 is 1.35 bits per heavy atom. The van der Waals surface area contributed by atoms with E-state index in [2.05, 4.69) is 13.8 Å². The number of rotatable bonds is 5. The number of oxazole rings is 1. The Labute approximate surface area is 155 Å². The van der Waals surface area contributed by atoms with Gasteiger partial charge in [-0.1, -0.05) is 44.2 Å². The quantitative estimate of drug-likeness (QED) is 0.868. The van der Waals surface area contributed by atoms with E-state index in [0.717, 1.165) is 29.9 Å². The van der Waals surface area contributed by atoms with E-state index < -0.39 is 5.60 Å². The molecule has 1 atom stereocenters. The molecule has 0 spiro atoms. The number of aromatic nitrogens is 1. The lowest BCUT2D eigenvalue weighted by Crippen LogP contribution is -2.36. The van der Waals surface area contributed by atoms with Crippen molar-refractivity contribution in [3.8, 4) is 11.3 Å². The summed E-state index contributed by atoms with van der Waals surface area (Å²) in [6.07, 6.45) is 1.86. The molecule has 2 aromatic rings. The van der Waals surface area contributed by atoms with Crippen molar-refractivity contribution in [2.45, 2.75) is 64.5 Å². The number of hydrogen-bond acceptors (Lipinski definition) is 4. The molecular formula is C21H28N2O3. The number of hydrogen-bond donors (Lipinski definition) is 1. The lowest BCUT2D eigenvalue weighted by atomic mass is 10.0. The molecule has 5 heteroatoms. The summed E-state index contributed by atoms with van der Waals surface area (Å²) in [5, 5.41) is 9.99. The van der Waals surface area contributed by atoms with Crippen LogP contribution in [0.5, 0.6) is 0 Å². The molecule has 1 aliphatic heterocycles. The monoisotopic (exact) mass is 356 g/mol. The fraction of sp³-hybridized carbons (Fsp3) is 0.524. The van der Waals surface area contributed by atoms with Crippen molar-refractivity contribution in [1.82, 2.24) is 9.88 Å². The highest BCUT2D eigenvalue weighted by molar-refractivity contribution is 5.78. The highest BCUT2D eigenvalue weighted by atomic mass is 16.4. The maximum absolute atomic E-state index is 12.6. The molecule has 0 saturated carbocycles. The Morgan fingerprint density at radius 3 is 2.65 bits per heavy atom. The molecule has 0 radical (unpaired) electrons. The van der Waals surface area contributed by atoms with Gasteiger partial charge in [0.05, 0.1) is 12.0 Å². The summed E-state index contributed by atoms with van der Waals surface area (Å²) in [5.41, 5.74) is 0.870. The van der Waals surface area contributed by atoms with Crippen molar-refractivity contribution in [3.05, 3.63) is 42.0 Å². The van der Waals surface area contributed by atoms with Crippen LogP contribution in [0.3, 0.4) is 0 Å². The molecule has 2 heterocycles. The van der Waals surface area contributed by atoms with Gasteiger partial charge in [-0.2, -0.15) is 0 Å². The lowest BCUT2D eigenvalue weighted by molar-refractivity contribution is -0.136. The molecule has 1 unspecified atom stereocenters. The Morgan fingerprint density at radius 2 is 2.04 bits per heavy atom. The van der Waals surface area contributed by atoms with Gasteiger partial charge in [-0.25, -0.2) is 4.98 Å². The number of carbonyl (C=O) groups is 1. The zero-order valence-electron chi connectivity index (χ0n) is 16.0. The SMILES string of the molecule is CC(C)c1oc(C2CCCN2C(=O)CC(C)(C)O)nc1-c1ccccc1. The summed E-state index contributed by atoms with van der Waals surface area (Å²) in [6, 6.07) is 9.86. The van der Waals surface area contributed by atoms with Gasteiger partial charge < -0.3 is 14.4 Å². The average molecular weight is 356 g/mol. The molecule has 5 nitrogen and oxygen atoms in total. The van der Waals surface area contributed by atoms with E-state index in [4.69, 9.17) is 9.40 Å². The molecule has 1 fully saturated rings. The second-order valence-corrected chi connectivity index (χ2v) is 8.02. The zero-order chi connectivity index (χ0) is 18.9. The van der Waals surface area contributed by atoms with E-state index in [1.165, 1.54) is 0 Å². The second-order valence-electron chi connectivity index (χ2n) is 8.02. The minimum absolute atomic E-state index is 0.0504. The zero-order valence-corrected chi connectivity index (χ0v) is 16.0. The van der Waals surface area contributed by atoms with Crippen LogP contribution < -0.4 is 0 Å². The van der Waals surface area contributed by atoms with Gasteiger partial charge in [0.25, 0.3) is 0 Å². The molecule has 1 amide bonds. The summed E-state index contributed by atoms with van der Waals surface area (Å²) in [4.78, 5) is 19.2. The van der Waals surface area contributed by atoms with Gasteiger partial charge in [-0.3, -0.25) is 4.79 Å². The minimum atomic E-state index is -1.01. The van der Waals surface area contributed by atoms with Crippen molar-refractivity contribution >= 4 is 5.91 Å². The summed E-state index contributed by atoms with van der Waals surface area (Å²) in [5.74, 6) is 1.61. The van der Waals surface area contributed by atoms with Crippen LogP contribution in [0.25, 0.3) is 11.3 Å². The summed E-state index contributed by atoms with van der Waals surface area (Å²) >= 11 is 0. The largest absolute Gasteiger partial charge is 0.442 e.